The Morgan fingerprint density at radius 2 is 1.95 bits per heavy atom. The highest BCUT2D eigenvalue weighted by molar-refractivity contribution is 5.27. The van der Waals surface area contributed by atoms with Crippen LogP contribution in [-0.4, -0.2) is 5.11 Å². The molecule has 2 N–H and O–H groups in total. The van der Waals surface area contributed by atoms with E-state index in [1.807, 2.05) is 6.07 Å². The molecule has 0 bridgehead atoms. The van der Waals surface area contributed by atoms with Gasteiger partial charge in [-0.15, -0.1) is 0 Å². The number of benzene rings is 2. The second kappa shape index (κ2) is 5.80. The third-order valence-corrected chi connectivity index (χ3v) is 2.95. The average molecular weight is 263 g/mol. The number of phenols is 1. The molecule has 0 aliphatic carbocycles. The number of nitrogens with one attached hydrogen (secondary N) is 1. The molecule has 0 amide bonds. The van der Waals surface area contributed by atoms with Crippen LogP contribution in [0.15, 0.2) is 42.5 Å². The highest BCUT2D eigenvalue weighted by atomic mass is 19.1. The zero-order valence-electron chi connectivity index (χ0n) is 10.5. The standard InChI is InChI=1S/C15H15F2NO/c1-10(14-8-12(16)5-6-15(14)17)18-9-11-3-2-4-13(19)7-11/h2-8,10,18-19H,9H2,1H3. The highest BCUT2D eigenvalue weighted by Crippen LogP contribution is 2.19. The van der Waals surface area contributed by atoms with Gasteiger partial charge in [-0.25, -0.2) is 8.78 Å². The molecule has 2 nitrogen and oxygen atoms in total. The minimum Gasteiger partial charge on any atom is -0.508 e. The molecule has 0 saturated carbocycles. The number of aromatic hydroxyl groups is 1. The first kappa shape index (κ1) is 13.5. The Morgan fingerprint density at radius 1 is 1.16 bits per heavy atom. The molecule has 100 valence electrons. The van der Waals surface area contributed by atoms with E-state index in [-0.39, 0.29) is 11.8 Å². The monoisotopic (exact) mass is 263 g/mol. The summed E-state index contributed by atoms with van der Waals surface area (Å²) in [6, 6.07) is 9.88. The maximum atomic E-state index is 13.6. The van der Waals surface area contributed by atoms with E-state index in [9.17, 15) is 13.9 Å². The Hall–Kier alpha value is -1.94. The van der Waals surface area contributed by atoms with Crippen molar-refractivity contribution in [2.24, 2.45) is 0 Å². The van der Waals surface area contributed by atoms with E-state index in [1.165, 1.54) is 6.07 Å². The Morgan fingerprint density at radius 3 is 2.68 bits per heavy atom. The van der Waals surface area contributed by atoms with Crippen molar-refractivity contribution in [3.05, 3.63) is 65.2 Å². The van der Waals surface area contributed by atoms with Gasteiger partial charge in [0.2, 0.25) is 0 Å². The van der Waals surface area contributed by atoms with Crippen LogP contribution in [0, 0.1) is 11.6 Å². The number of phenolic OH excluding ortho intramolecular Hbond substituents is 1. The summed E-state index contributed by atoms with van der Waals surface area (Å²) in [7, 11) is 0. The minimum atomic E-state index is -0.456. The van der Waals surface area contributed by atoms with Crippen molar-refractivity contribution in [1.82, 2.24) is 5.32 Å². The van der Waals surface area contributed by atoms with Gasteiger partial charge in [0.25, 0.3) is 0 Å². The van der Waals surface area contributed by atoms with Crippen LogP contribution in [0.2, 0.25) is 0 Å². The molecule has 4 heteroatoms. The van der Waals surface area contributed by atoms with Crippen molar-refractivity contribution in [1.29, 1.82) is 0 Å². The lowest BCUT2D eigenvalue weighted by molar-refractivity contribution is 0.473. The van der Waals surface area contributed by atoms with E-state index < -0.39 is 11.6 Å². The van der Waals surface area contributed by atoms with E-state index in [2.05, 4.69) is 5.32 Å². The van der Waals surface area contributed by atoms with Crippen LogP contribution in [0.5, 0.6) is 5.75 Å². The second-order valence-electron chi connectivity index (χ2n) is 4.44. The number of halogens is 2. The van der Waals surface area contributed by atoms with Crippen LogP contribution in [0.4, 0.5) is 8.78 Å². The third-order valence-electron chi connectivity index (χ3n) is 2.95. The summed E-state index contributed by atoms with van der Waals surface area (Å²) in [6.07, 6.45) is 0. The minimum absolute atomic E-state index is 0.184. The predicted octanol–water partition coefficient (Wildman–Crippen LogP) is 3.52. The molecule has 0 aliphatic rings. The predicted molar refractivity (Wildman–Crippen MR) is 69.7 cm³/mol. The van der Waals surface area contributed by atoms with Gasteiger partial charge >= 0.3 is 0 Å². The van der Waals surface area contributed by atoms with Crippen LogP contribution < -0.4 is 5.32 Å². The van der Waals surface area contributed by atoms with Crippen LogP contribution in [0.25, 0.3) is 0 Å². The molecule has 1 unspecified atom stereocenters. The zero-order chi connectivity index (χ0) is 13.8. The molecule has 2 aromatic rings. The molecule has 0 saturated heterocycles. The lowest BCUT2D eigenvalue weighted by Gasteiger charge is -2.15. The SMILES string of the molecule is CC(NCc1cccc(O)c1)c1cc(F)ccc1F. The van der Waals surface area contributed by atoms with E-state index in [0.717, 1.165) is 17.7 Å². The average Bonchev–Trinajstić information content (AvgIpc) is 2.39. The summed E-state index contributed by atoms with van der Waals surface area (Å²) in [4.78, 5) is 0. The summed E-state index contributed by atoms with van der Waals surface area (Å²) in [6.45, 7) is 2.23. The van der Waals surface area contributed by atoms with Gasteiger partial charge in [0, 0.05) is 18.2 Å². The molecule has 1 atom stereocenters. The van der Waals surface area contributed by atoms with Crippen LogP contribution in [-0.2, 0) is 6.54 Å². The molecule has 0 aromatic heterocycles. The fourth-order valence-electron chi connectivity index (χ4n) is 1.89. The van der Waals surface area contributed by atoms with Crippen molar-refractivity contribution in [3.8, 4) is 5.75 Å². The highest BCUT2D eigenvalue weighted by Gasteiger charge is 2.11. The molecule has 0 heterocycles. The van der Waals surface area contributed by atoms with E-state index >= 15 is 0 Å². The van der Waals surface area contributed by atoms with Crippen molar-refractivity contribution in [2.45, 2.75) is 19.5 Å². The van der Waals surface area contributed by atoms with Crippen molar-refractivity contribution in [3.63, 3.8) is 0 Å². The van der Waals surface area contributed by atoms with Gasteiger partial charge in [-0.05, 0) is 42.8 Å². The molecule has 0 radical (unpaired) electrons. The van der Waals surface area contributed by atoms with Gasteiger partial charge in [0.15, 0.2) is 0 Å². The lowest BCUT2D eigenvalue weighted by Crippen LogP contribution is -2.19. The summed E-state index contributed by atoms with van der Waals surface area (Å²) < 4.78 is 26.7. The zero-order valence-corrected chi connectivity index (χ0v) is 10.5. The number of hydrogen-bond donors (Lipinski definition) is 2. The third kappa shape index (κ3) is 3.51. The molecule has 0 fully saturated rings. The molecule has 2 aromatic carbocycles. The maximum Gasteiger partial charge on any atom is 0.128 e. The van der Waals surface area contributed by atoms with Gasteiger partial charge < -0.3 is 10.4 Å². The summed E-state index contributed by atoms with van der Waals surface area (Å²) in [5, 5.41) is 12.4. The van der Waals surface area contributed by atoms with E-state index in [4.69, 9.17) is 0 Å². The van der Waals surface area contributed by atoms with Crippen molar-refractivity contribution >= 4 is 0 Å². The molecular weight excluding hydrogens is 248 g/mol. The number of hydrogen-bond acceptors (Lipinski definition) is 2. The Balaban J connectivity index is 2.05. The van der Waals surface area contributed by atoms with Crippen LogP contribution >= 0.6 is 0 Å². The van der Waals surface area contributed by atoms with Gasteiger partial charge in [-0.1, -0.05) is 12.1 Å². The molecule has 19 heavy (non-hydrogen) atoms. The second-order valence-corrected chi connectivity index (χ2v) is 4.44. The summed E-state index contributed by atoms with van der Waals surface area (Å²) in [5.74, 6) is -0.705. The van der Waals surface area contributed by atoms with Gasteiger partial charge in [-0.2, -0.15) is 0 Å². The van der Waals surface area contributed by atoms with Gasteiger partial charge in [0.1, 0.15) is 17.4 Å². The molecule has 0 spiro atoms. The topological polar surface area (TPSA) is 32.3 Å². The Labute approximate surface area is 110 Å². The van der Waals surface area contributed by atoms with E-state index in [1.54, 1.807) is 25.1 Å². The largest absolute Gasteiger partial charge is 0.508 e. The fourth-order valence-corrected chi connectivity index (χ4v) is 1.89. The van der Waals surface area contributed by atoms with E-state index in [0.29, 0.717) is 12.1 Å². The van der Waals surface area contributed by atoms with Crippen molar-refractivity contribution < 1.29 is 13.9 Å². The lowest BCUT2D eigenvalue weighted by atomic mass is 10.1. The molecule has 0 aliphatic heterocycles. The number of rotatable bonds is 4. The summed E-state index contributed by atoms with van der Waals surface area (Å²) >= 11 is 0. The normalized spacial score (nSPS) is 12.4. The Bertz CT molecular complexity index is 572. The molecule has 2 rings (SSSR count). The maximum absolute atomic E-state index is 13.6. The first-order chi connectivity index (χ1) is 9.06. The van der Waals surface area contributed by atoms with Crippen molar-refractivity contribution in [2.75, 3.05) is 0 Å². The molecular formula is C15H15F2NO. The first-order valence-electron chi connectivity index (χ1n) is 6.02. The Kier molecular flexibility index (Phi) is 4.12. The quantitative estimate of drug-likeness (QED) is 0.884. The smallest absolute Gasteiger partial charge is 0.128 e. The van der Waals surface area contributed by atoms with Crippen LogP contribution in [0.1, 0.15) is 24.1 Å². The van der Waals surface area contributed by atoms with Crippen LogP contribution in [0.3, 0.4) is 0 Å². The summed E-state index contributed by atoms with van der Waals surface area (Å²) in [5.41, 5.74) is 1.17. The first-order valence-corrected chi connectivity index (χ1v) is 6.02. The van der Waals surface area contributed by atoms with Gasteiger partial charge in [-0.3, -0.25) is 0 Å². The fraction of sp³-hybridized carbons (Fsp3) is 0.200. The van der Waals surface area contributed by atoms with Gasteiger partial charge in [0.05, 0.1) is 0 Å².